The van der Waals surface area contributed by atoms with Crippen molar-refractivity contribution in [3.63, 3.8) is 0 Å². The zero-order chi connectivity index (χ0) is 14.2. The Hall–Kier alpha value is -1.81. The Kier molecular flexibility index (Phi) is 5.62. The van der Waals surface area contributed by atoms with E-state index in [-0.39, 0.29) is 0 Å². The summed E-state index contributed by atoms with van der Waals surface area (Å²) in [6, 6.07) is 8.04. The molecule has 0 saturated carbocycles. The van der Waals surface area contributed by atoms with Crippen LogP contribution < -0.4 is 10.5 Å². The van der Waals surface area contributed by atoms with Gasteiger partial charge in [-0.15, -0.1) is 0 Å². The molecule has 108 valence electrons. The van der Waals surface area contributed by atoms with Gasteiger partial charge in [0.25, 0.3) is 0 Å². The van der Waals surface area contributed by atoms with E-state index in [1.54, 1.807) is 0 Å². The number of unbranched alkanes of at least 4 members (excludes halogenated alkanes) is 2. The number of rotatable bonds is 8. The van der Waals surface area contributed by atoms with Gasteiger partial charge in [-0.25, -0.2) is 4.98 Å². The molecule has 0 radical (unpaired) electrons. The summed E-state index contributed by atoms with van der Waals surface area (Å²) in [6.45, 7) is 3.43. The molecule has 2 aromatic rings. The number of aromatic amines is 1. The smallest absolute Gasteiger partial charge is 0.128 e. The third-order valence-electron chi connectivity index (χ3n) is 3.22. The minimum Gasteiger partial charge on any atom is -0.493 e. The lowest BCUT2D eigenvalue weighted by molar-refractivity contribution is 0.341. The van der Waals surface area contributed by atoms with Gasteiger partial charge in [-0.05, 0) is 38.4 Å². The maximum absolute atomic E-state index is 5.65. The molecule has 0 saturated heterocycles. The first kappa shape index (κ1) is 14.6. The van der Waals surface area contributed by atoms with Gasteiger partial charge < -0.3 is 15.5 Å². The molecule has 3 N–H and O–H groups in total. The van der Waals surface area contributed by atoms with Gasteiger partial charge >= 0.3 is 0 Å². The van der Waals surface area contributed by atoms with Crippen LogP contribution in [0.4, 0.5) is 0 Å². The summed E-state index contributed by atoms with van der Waals surface area (Å²) in [5, 5.41) is 0. The number of hydrogen-bond donors (Lipinski definition) is 2. The van der Waals surface area contributed by atoms with Gasteiger partial charge in [0.15, 0.2) is 0 Å². The highest BCUT2D eigenvalue weighted by molar-refractivity contribution is 5.66. The van der Waals surface area contributed by atoms with E-state index in [9.17, 15) is 0 Å². The predicted molar refractivity (Wildman–Crippen MR) is 81.8 cm³/mol. The van der Waals surface area contributed by atoms with Crippen LogP contribution in [-0.2, 0) is 6.42 Å². The van der Waals surface area contributed by atoms with Crippen LogP contribution in [0.2, 0.25) is 0 Å². The highest BCUT2D eigenvalue weighted by Gasteiger charge is 2.08. The van der Waals surface area contributed by atoms with Crippen LogP contribution in [0.15, 0.2) is 30.5 Å². The van der Waals surface area contributed by atoms with E-state index in [1.807, 2.05) is 31.3 Å². The molecule has 0 aliphatic rings. The number of nitrogens with two attached hydrogens (primary N) is 1. The average Bonchev–Trinajstić information content (AvgIpc) is 2.93. The Morgan fingerprint density at radius 2 is 2.05 bits per heavy atom. The van der Waals surface area contributed by atoms with E-state index < -0.39 is 0 Å². The molecule has 1 aromatic carbocycles. The molecule has 0 aliphatic carbocycles. The lowest BCUT2D eigenvalue weighted by Crippen LogP contribution is -1.98. The fourth-order valence-electron chi connectivity index (χ4n) is 2.21. The monoisotopic (exact) mass is 273 g/mol. The maximum Gasteiger partial charge on any atom is 0.128 e. The minimum atomic E-state index is 0.664. The largest absolute Gasteiger partial charge is 0.493 e. The minimum absolute atomic E-state index is 0.664. The van der Waals surface area contributed by atoms with Crippen LogP contribution in [0.1, 0.15) is 32.0 Å². The van der Waals surface area contributed by atoms with Crippen molar-refractivity contribution in [2.75, 3.05) is 13.2 Å². The van der Waals surface area contributed by atoms with Crippen LogP contribution in [-0.4, -0.2) is 23.1 Å². The fraction of sp³-hybridized carbons (Fsp3) is 0.438. The predicted octanol–water partition coefficient (Wildman–Crippen LogP) is 3.15. The Balaban J connectivity index is 2.04. The lowest BCUT2D eigenvalue weighted by atomic mass is 10.1. The zero-order valence-corrected chi connectivity index (χ0v) is 12.1. The second kappa shape index (κ2) is 7.70. The number of nitrogens with zero attached hydrogens (tertiary/aromatic N) is 1. The molecule has 20 heavy (non-hydrogen) atoms. The Morgan fingerprint density at radius 3 is 2.85 bits per heavy atom. The summed E-state index contributed by atoms with van der Waals surface area (Å²) in [4.78, 5) is 7.83. The van der Waals surface area contributed by atoms with Crippen LogP contribution >= 0.6 is 0 Å². The van der Waals surface area contributed by atoms with Crippen molar-refractivity contribution in [3.8, 4) is 17.0 Å². The van der Waals surface area contributed by atoms with E-state index in [4.69, 9.17) is 10.5 Å². The second-order valence-corrected chi connectivity index (χ2v) is 4.77. The number of imidazole rings is 1. The van der Waals surface area contributed by atoms with Crippen molar-refractivity contribution in [1.82, 2.24) is 9.97 Å². The molecule has 0 spiro atoms. The van der Waals surface area contributed by atoms with E-state index in [2.05, 4.69) is 16.0 Å². The van der Waals surface area contributed by atoms with E-state index in [1.165, 1.54) is 0 Å². The molecule has 0 fully saturated rings. The summed E-state index contributed by atoms with van der Waals surface area (Å²) >= 11 is 0. The first-order valence-electron chi connectivity index (χ1n) is 7.31. The summed E-state index contributed by atoms with van der Waals surface area (Å²) in [5.41, 5.74) is 7.58. The number of benzene rings is 1. The summed E-state index contributed by atoms with van der Waals surface area (Å²) in [7, 11) is 0. The normalized spacial score (nSPS) is 10.7. The van der Waals surface area contributed by atoms with E-state index in [0.29, 0.717) is 6.61 Å². The molecule has 2 rings (SSSR count). The summed E-state index contributed by atoms with van der Waals surface area (Å²) < 4.78 is 5.65. The van der Waals surface area contributed by atoms with Crippen LogP contribution in [0, 0.1) is 0 Å². The molecular formula is C16H23N3O. The number of nitrogens with one attached hydrogen (secondary N) is 1. The van der Waals surface area contributed by atoms with Gasteiger partial charge in [-0.2, -0.15) is 0 Å². The Bertz CT molecular complexity index is 522. The van der Waals surface area contributed by atoms with Crippen molar-refractivity contribution >= 4 is 0 Å². The molecule has 4 heteroatoms. The van der Waals surface area contributed by atoms with Crippen molar-refractivity contribution in [2.45, 2.75) is 32.6 Å². The Labute approximate surface area is 120 Å². The van der Waals surface area contributed by atoms with Crippen LogP contribution in [0.5, 0.6) is 5.75 Å². The number of H-pyrrole nitrogens is 1. The van der Waals surface area contributed by atoms with E-state index in [0.717, 1.165) is 55.1 Å². The molecule has 1 heterocycles. The van der Waals surface area contributed by atoms with Gasteiger partial charge in [0.2, 0.25) is 0 Å². The van der Waals surface area contributed by atoms with Crippen molar-refractivity contribution < 1.29 is 4.74 Å². The number of aromatic nitrogens is 2. The van der Waals surface area contributed by atoms with Gasteiger partial charge in [-0.1, -0.05) is 18.6 Å². The molecule has 0 bridgehead atoms. The number of para-hydroxylation sites is 1. The molecular weight excluding hydrogens is 250 g/mol. The number of ether oxygens (including phenoxy) is 1. The average molecular weight is 273 g/mol. The fourth-order valence-corrected chi connectivity index (χ4v) is 2.21. The molecule has 1 aromatic heterocycles. The van der Waals surface area contributed by atoms with Gasteiger partial charge in [0, 0.05) is 12.0 Å². The topological polar surface area (TPSA) is 63.9 Å². The molecule has 0 amide bonds. The van der Waals surface area contributed by atoms with Crippen molar-refractivity contribution in [3.05, 3.63) is 36.3 Å². The highest BCUT2D eigenvalue weighted by Crippen LogP contribution is 2.28. The van der Waals surface area contributed by atoms with Crippen molar-refractivity contribution in [1.29, 1.82) is 0 Å². The molecule has 0 unspecified atom stereocenters. The van der Waals surface area contributed by atoms with Gasteiger partial charge in [-0.3, -0.25) is 0 Å². The maximum atomic E-state index is 5.65. The highest BCUT2D eigenvalue weighted by atomic mass is 16.5. The van der Waals surface area contributed by atoms with Gasteiger partial charge in [0.1, 0.15) is 11.6 Å². The van der Waals surface area contributed by atoms with Crippen LogP contribution in [0.3, 0.4) is 0 Å². The molecule has 0 atom stereocenters. The SMILES string of the molecule is CCOc1ccccc1-c1cnc(CCCCCN)[nH]1. The lowest BCUT2D eigenvalue weighted by Gasteiger charge is -2.07. The Morgan fingerprint density at radius 1 is 1.20 bits per heavy atom. The first-order valence-corrected chi connectivity index (χ1v) is 7.31. The van der Waals surface area contributed by atoms with Crippen molar-refractivity contribution in [2.24, 2.45) is 5.73 Å². The quantitative estimate of drug-likeness (QED) is 0.726. The van der Waals surface area contributed by atoms with Crippen LogP contribution in [0.25, 0.3) is 11.3 Å². The first-order chi connectivity index (χ1) is 9.85. The summed E-state index contributed by atoms with van der Waals surface area (Å²) in [5.74, 6) is 1.93. The third-order valence-corrected chi connectivity index (χ3v) is 3.22. The second-order valence-electron chi connectivity index (χ2n) is 4.77. The van der Waals surface area contributed by atoms with Gasteiger partial charge in [0.05, 0.1) is 18.5 Å². The molecule has 0 aliphatic heterocycles. The summed E-state index contributed by atoms with van der Waals surface area (Å²) in [6.07, 6.45) is 6.22. The standard InChI is InChI=1S/C16H23N3O/c1-2-20-15-9-6-5-8-13(15)14-12-18-16(19-14)10-4-3-7-11-17/h5-6,8-9,12H,2-4,7,10-11,17H2,1H3,(H,18,19). The molecule has 4 nitrogen and oxygen atoms in total. The zero-order valence-electron chi connectivity index (χ0n) is 12.1. The number of aryl methyl sites for hydroxylation is 1. The van der Waals surface area contributed by atoms with E-state index >= 15 is 0 Å². The number of hydrogen-bond acceptors (Lipinski definition) is 3. The third kappa shape index (κ3) is 3.84.